The lowest BCUT2D eigenvalue weighted by Gasteiger charge is -2.03. The average Bonchev–Trinajstić information content (AvgIpc) is 2.60. The first-order chi connectivity index (χ1) is 7.79. The SMILES string of the molecule is C=C/C=C\c1c(C)c2ccccc2n1[B]C. The van der Waals surface area contributed by atoms with E-state index in [4.69, 9.17) is 0 Å². The van der Waals surface area contributed by atoms with Gasteiger partial charge in [-0.2, -0.15) is 0 Å². The van der Waals surface area contributed by atoms with Gasteiger partial charge in [0.05, 0.1) is 0 Å². The summed E-state index contributed by atoms with van der Waals surface area (Å²) in [5, 5.41) is 1.31. The lowest BCUT2D eigenvalue weighted by Crippen LogP contribution is -2.03. The van der Waals surface area contributed by atoms with Crippen LogP contribution in [0, 0.1) is 6.92 Å². The third-order valence-electron chi connectivity index (χ3n) is 2.86. The van der Waals surface area contributed by atoms with Crippen molar-refractivity contribution >= 4 is 24.4 Å². The van der Waals surface area contributed by atoms with Crippen LogP contribution in [0.1, 0.15) is 11.3 Å². The van der Waals surface area contributed by atoms with Gasteiger partial charge in [-0.25, -0.2) is 0 Å². The van der Waals surface area contributed by atoms with Crippen LogP contribution in [0.25, 0.3) is 17.0 Å². The van der Waals surface area contributed by atoms with E-state index in [-0.39, 0.29) is 0 Å². The molecular formula is C14H15BN. The van der Waals surface area contributed by atoms with E-state index >= 15 is 0 Å². The number of rotatable bonds is 3. The average molecular weight is 208 g/mol. The fourth-order valence-corrected chi connectivity index (χ4v) is 2.09. The number of allylic oxidation sites excluding steroid dienone is 2. The number of hydrogen-bond acceptors (Lipinski definition) is 0. The topological polar surface area (TPSA) is 4.93 Å². The van der Waals surface area contributed by atoms with Crippen LogP contribution in [0.15, 0.2) is 43.0 Å². The van der Waals surface area contributed by atoms with Gasteiger partial charge in [0.25, 0.3) is 0 Å². The van der Waals surface area contributed by atoms with Gasteiger partial charge in [-0.05, 0) is 24.6 Å². The second-order valence-electron chi connectivity index (χ2n) is 3.75. The Kier molecular flexibility index (Phi) is 3.00. The van der Waals surface area contributed by atoms with Gasteiger partial charge in [0.15, 0.2) is 0 Å². The zero-order chi connectivity index (χ0) is 11.5. The van der Waals surface area contributed by atoms with E-state index in [0.717, 1.165) is 0 Å². The zero-order valence-corrected chi connectivity index (χ0v) is 9.77. The highest BCUT2D eigenvalue weighted by Gasteiger charge is 2.09. The largest absolute Gasteiger partial charge is 0.391 e. The van der Waals surface area contributed by atoms with Gasteiger partial charge >= 0.3 is 0 Å². The van der Waals surface area contributed by atoms with Crippen LogP contribution in [0.4, 0.5) is 0 Å². The van der Waals surface area contributed by atoms with Gasteiger partial charge < -0.3 is 4.48 Å². The van der Waals surface area contributed by atoms with Gasteiger partial charge in [0.2, 0.25) is 7.41 Å². The first-order valence-corrected chi connectivity index (χ1v) is 5.47. The molecule has 79 valence electrons. The first-order valence-electron chi connectivity index (χ1n) is 5.47. The highest BCUT2D eigenvalue weighted by molar-refractivity contribution is 6.34. The number of fused-ring (bicyclic) bond motifs is 1. The van der Waals surface area contributed by atoms with E-state index in [1.165, 1.54) is 22.2 Å². The zero-order valence-electron chi connectivity index (χ0n) is 9.77. The summed E-state index contributed by atoms with van der Waals surface area (Å²) in [5.74, 6) is 0. The molecule has 0 fully saturated rings. The predicted octanol–water partition coefficient (Wildman–Crippen LogP) is 3.66. The number of hydrogen-bond donors (Lipinski definition) is 0. The van der Waals surface area contributed by atoms with Crippen LogP contribution in [0.5, 0.6) is 0 Å². The quantitative estimate of drug-likeness (QED) is 0.535. The van der Waals surface area contributed by atoms with E-state index < -0.39 is 0 Å². The van der Waals surface area contributed by atoms with Crippen LogP contribution in [-0.4, -0.2) is 11.9 Å². The summed E-state index contributed by atoms with van der Waals surface area (Å²) in [6.07, 6.45) is 5.88. The second-order valence-corrected chi connectivity index (χ2v) is 3.75. The van der Waals surface area contributed by atoms with Gasteiger partial charge in [-0.1, -0.05) is 43.8 Å². The summed E-state index contributed by atoms with van der Waals surface area (Å²) in [7, 11) is 2.10. The Morgan fingerprint density at radius 1 is 1.31 bits per heavy atom. The minimum absolute atomic E-state index is 1.23. The standard InChI is InChI=1S/C14H15BN/c1-4-5-9-13-11(2)12-8-6-7-10-14(12)16(13)15-3/h4-10H,1H2,2-3H3/b9-5-. The fraction of sp³-hybridized carbons (Fsp3) is 0.143. The lowest BCUT2D eigenvalue weighted by molar-refractivity contribution is 1.24. The van der Waals surface area contributed by atoms with Crippen molar-refractivity contribution < 1.29 is 0 Å². The molecular weight excluding hydrogens is 193 g/mol. The third kappa shape index (κ3) is 1.60. The number of para-hydroxylation sites is 1. The Bertz CT molecular complexity index is 549. The van der Waals surface area contributed by atoms with E-state index in [9.17, 15) is 0 Å². The molecule has 0 amide bonds. The van der Waals surface area contributed by atoms with Crippen molar-refractivity contribution in [3.8, 4) is 0 Å². The summed E-state index contributed by atoms with van der Waals surface area (Å²) < 4.78 is 2.21. The Balaban J connectivity index is 2.76. The summed E-state index contributed by atoms with van der Waals surface area (Å²) in [5.41, 5.74) is 3.79. The molecule has 1 nitrogen and oxygen atoms in total. The molecule has 0 unspecified atom stereocenters. The molecule has 0 aliphatic rings. The molecule has 1 heterocycles. The second kappa shape index (κ2) is 4.44. The van der Waals surface area contributed by atoms with Gasteiger partial charge in [0.1, 0.15) is 0 Å². The molecule has 2 aromatic rings. The maximum atomic E-state index is 3.71. The van der Waals surface area contributed by atoms with Crippen LogP contribution >= 0.6 is 0 Å². The van der Waals surface area contributed by atoms with Crippen LogP contribution in [-0.2, 0) is 0 Å². The van der Waals surface area contributed by atoms with Crippen LogP contribution in [0.2, 0.25) is 6.82 Å². The summed E-state index contributed by atoms with van der Waals surface area (Å²) in [6.45, 7) is 7.92. The molecule has 0 bridgehead atoms. The molecule has 0 aliphatic carbocycles. The van der Waals surface area contributed by atoms with E-state index in [0.29, 0.717) is 0 Å². The molecule has 0 N–H and O–H groups in total. The molecule has 0 spiro atoms. The van der Waals surface area contributed by atoms with Crippen LogP contribution < -0.4 is 0 Å². The molecule has 2 heteroatoms. The number of nitrogens with zero attached hydrogens (tertiary/aromatic N) is 1. The molecule has 1 aromatic carbocycles. The molecule has 0 saturated carbocycles. The Morgan fingerprint density at radius 3 is 2.75 bits per heavy atom. The number of aromatic nitrogens is 1. The van der Waals surface area contributed by atoms with Gasteiger partial charge in [-0.3, -0.25) is 0 Å². The van der Waals surface area contributed by atoms with E-state index in [1.54, 1.807) is 6.08 Å². The van der Waals surface area contributed by atoms with E-state index in [1.807, 2.05) is 6.08 Å². The van der Waals surface area contributed by atoms with Crippen molar-refractivity contribution in [2.75, 3.05) is 0 Å². The maximum absolute atomic E-state index is 3.71. The molecule has 2 rings (SSSR count). The smallest absolute Gasteiger partial charge is 0.249 e. The van der Waals surface area contributed by atoms with Crippen molar-refractivity contribution in [1.82, 2.24) is 4.48 Å². The van der Waals surface area contributed by atoms with Crippen molar-refractivity contribution in [3.63, 3.8) is 0 Å². The lowest BCUT2D eigenvalue weighted by atomic mass is 9.98. The highest BCUT2D eigenvalue weighted by Crippen LogP contribution is 2.25. The molecule has 0 saturated heterocycles. The Labute approximate surface area is 97.4 Å². The Hall–Kier alpha value is -1.70. The highest BCUT2D eigenvalue weighted by atomic mass is 14.9. The van der Waals surface area contributed by atoms with E-state index in [2.05, 4.69) is 62.6 Å². The monoisotopic (exact) mass is 208 g/mol. The van der Waals surface area contributed by atoms with Gasteiger partial charge in [0, 0.05) is 16.6 Å². The van der Waals surface area contributed by atoms with Crippen molar-refractivity contribution in [3.05, 3.63) is 54.3 Å². The number of benzene rings is 1. The summed E-state index contributed by atoms with van der Waals surface area (Å²) in [6, 6.07) is 8.46. The maximum Gasteiger partial charge on any atom is 0.249 e. The summed E-state index contributed by atoms with van der Waals surface area (Å²) in [4.78, 5) is 0. The van der Waals surface area contributed by atoms with Gasteiger partial charge in [-0.15, -0.1) is 0 Å². The first kappa shape index (κ1) is 10.8. The predicted molar refractivity (Wildman–Crippen MR) is 72.9 cm³/mol. The molecule has 1 aromatic heterocycles. The van der Waals surface area contributed by atoms with Crippen molar-refractivity contribution in [2.45, 2.75) is 13.7 Å². The minimum Gasteiger partial charge on any atom is -0.391 e. The number of aryl methyl sites for hydroxylation is 1. The summed E-state index contributed by atoms with van der Waals surface area (Å²) >= 11 is 0. The fourth-order valence-electron chi connectivity index (χ4n) is 2.09. The molecule has 16 heavy (non-hydrogen) atoms. The minimum atomic E-state index is 1.23. The van der Waals surface area contributed by atoms with Crippen LogP contribution in [0.3, 0.4) is 0 Å². The molecule has 0 atom stereocenters. The Morgan fingerprint density at radius 2 is 2.06 bits per heavy atom. The van der Waals surface area contributed by atoms with Crippen molar-refractivity contribution in [2.24, 2.45) is 0 Å². The van der Waals surface area contributed by atoms with Crippen molar-refractivity contribution in [1.29, 1.82) is 0 Å². The third-order valence-corrected chi connectivity index (χ3v) is 2.86. The molecule has 1 radical (unpaired) electrons. The molecule has 0 aliphatic heterocycles. The normalized spacial score (nSPS) is 11.1.